The van der Waals surface area contributed by atoms with Gasteiger partial charge >= 0.3 is 0 Å². The number of hydrogen-bond acceptors (Lipinski definition) is 3. The summed E-state index contributed by atoms with van der Waals surface area (Å²) in [5.41, 5.74) is 0.668. The Morgan fingerprint density at radius 3 is 2.50 bits per heavy atom. The number of halogens is 3. The van der Waals surface area contributed by atoms with Crippen molar-refractivity contribution in [2.24, 2.45) is 0 Å². The van der Waals surface area contributed by atoms with Crippen molar-refractivity contribution in [3.8, 4) is 22.8 Å². The molecule has 0 atom stereocenters. The number of aromatic nitrogens is 2. The number of oxazole rings is 1. The van der Waals surface area contributed by atoms with Crippen LogP contribution in [0.2, 0.25) is 0 Å². The molecule has 3 aromatic rings. The smallest absolute Gasteiger partial charge is 0.229 e. The maximum Gasteiger partial charge on any atom is 0.229 e. The first-order valence-electron chi connectivity index (χ1n) is 5.67. The Bertz CT molecular complexity index is 756. The summed E-state index contributed by atoms with van der Waals surface area (Å²) in [5, 5.41) is 0. The standard InChI is InChI=1S/C14H7F3N2O/c15-9-5-4-8(12(16)13(9)17)14-19-11(7-20-14)10-3-1-2-6-18-10/h1-7H. The lowest BCUT2D eigenvalue weighted by Gasteiger charge is -2.00. The zero-order valence-electron chi connectivity index (χ0n) is 9.98. The lowest BCUT2D eigenvalue weighted by Crippen LogP contribution is -1.94. The van der Waals surface area contributed by atoms with Gasteiger partial charge < -0.3 is 4.42 Å². The fourth-order valence-corrected chi connectivity index (χ4v) is 1.72. The number of nitrogens with zero attached hydrogens (tertiary/aromatic N) is 2. The van der Waals surface area contributed by atoms with Gasteiger partial charge in [-0.1, -0.05) is 6.07 Å². The Morgan fingerprint density at radius 1 is 0.900 bits per heavy atom. The molecule has 0 N–H and O–H groups in total. The van der Waals surface area contributed by atoms with E-state index in [2.05, 4.69) is 9.97 Å². The molecule has 2 heterocycles. The van der Waals surface area contributed by atoms with E-state index in [4.69, 9.17) is 4.42 Å². The summed E-state index contributed by atoms with van der Waals surface area (Å²) in [4.78, 5) is 8.08. The molecule has 0 saturated heterocycles. The van der Waals surface area contributed by atoms with Crippen molar-refractivity contribution in [2.45, 2.75) is 0 Å². The van der Waals surface area contributed by atoms with Gasteiger partial charge in [-0.05, 0) is 24.3 Å². The van der Waals surface area contributed by atoms with Crippen molar-refractivity contribution in [3.63, 3.8) is 0 Å². The van der Waals surface area contributed by atoms with Crippen LogP contribution in [0.1, 0.15) is 0 Å². The highest BCUT2D eigenvalue weighted by atomic mass is 19.2. The summed E-state index contributed by atoms with van der Waals surface area (Å²) in [6, 6.07) is 7.08. The molecule has 0 aliphatic heterocycles. The Morgan fingerprint density at radius 2 is 1.75 bits per heavy atom. The number of pyridine rings is 1. The number of hydrogen-bond donors (Lipinski definition) is 0. The van der Waals surface area contributed by atoms with Gasteiger partial charge in [0.15, 0.2) is 17.5 Å². The quantitative estimate of drug-likeness (QED) is 0.668. The van der Waals surface area contributed by atoms with Crippen LogP contribution in [0.15, 0.2) is 47.2 Å². The van der Waals surface area contributed by atoms with Crippen LogP contribution in [-0.4, -0.2) is 9.97 Å². The first-order chi connectivity index (χ1) is 9.66. The fraction of sp³-hybridized carbons (Fsp3) is 0. The van der Waals surface area contributed by atoms with Gasteiger partial charge in [0.1, 0.15) is 12.0 Å². The molecule has 20 heavy (non-hydrogen) atoms. The normalized spacial score (nSPS) is 10.8. The van der Waals surface area contributed by atoms with E-state index in [-0.39, 0.29) is 11.5 Å². The fourth-order valence-electron chi connectivity index (χ4n) is 1.72. The predicted molar refractivity (Wildman–Crippen MR) is 65.0 cm³/mol. The van der Waals surface area contributed by atoms with Crippen molar-refractivity contribution >= 4 is 0 Å². The second-order valence-corrected chi connectivity index (χ2v) is 3.98. The van der Waals surface area contributed by atoms with Crippen molar-refractivity contribution in [1.82, 2.24) is 9.97 Å². The molecule has 100 valence electrons. The molecule has 0 aliphatic carbocycles. The molecule has 1 aromatic carbocycles. The van der Waals surface area contributed by atoms with Crippen LogP contribution < -0.4 is 0 Å². The summed E-state index contributed by atoms with van der Waals surface area (Å²) < 4.78 is 44.8. The van der Waals surface area contributed by atoms with Gasteiger partial charge in [-0.3, -0.25) is 4.98 Å². The van der Waals surface area contributed by atoms with Gasteiger partial charge in [0.25, 0.3) is 0 Å². The lowest BCUT2D eigenvalue weighted by molar-refractivity contribution is 0.446. The highest BCUT2D eigenvalue weighted by molar-refractivity contribution is 5.60. The van der Waals surface area contributed by atoms with Crippen LogP contribution in [0, 0.1) is 17.5 Å². The minimum Gasteiger partial charge on any atom is -0.444 e. The van der Waals surface area contributed by atoms with Gasteiger partial charge in [0, 0.05) is 6.20 Å². The van der Waals surface area contributed by atoms with Crippen molar-refractivity contribution in [3.05, 3.63) is 60.2 Å². The Labute approximate surface area is 111 Å². The van der Waals surface area contributed by atoms with Gasteiger partial charge in [-0.2, -0.15) is 0 Å². The third kappa shape index (κ3) is 2.05. The molecule has 2 aromatic heterocycles. The van der Waals surface area contributed by atoms with E-state index in [1.54, 1.807) is 24.4 Å². The van der Waals surface area contributed by atoms with E-state index >= 15 is 0 Å². The molecule has 3 nitrogen and oxygen atoms in total. The Balaban J connectivity index is 2.05. The monoisotopic (exact) mass is 276 g/mol. The highest BCUT2D eigenvalue weighted by Crippen LogP contribution is 2.27. The molecule has 0 saturated carbocycles. The van der Waals surface area contributed by atoms with Crippen LogP contribution in [0.5, 0.6) is 0 Å². The average molecular weight is 276 g/mol. The minimum absolute atomic E-state index is 0.137. The van der Waals surface area contributed by atoms with E-state index < -0.39 is 17.5 Å². The minimum atomic E-state index is -1.56. The maximum absolute atomic E-state index is 13.6. The van der Waals surface area contributed by atoms with E-state index in [0.717, 1.165) is 12.1 Å². The molecule has 3 rings (SSSR count). The zero-order valence-corrected chi connectivity index (χ0v) is 9.98. The van der Waals surface area contributed by atoms with Crippen LogP contribution in [-0.2, 0) is 0 Å². The van der Waals surface area contributed by atoms with E-state index in [0.29, 0.717) is 11.4 Å². The highest BCUT2D eigenvalue weighted by Gasteiger charge is 2.18. The topological polar surface area (TPSA) is 38.9 Å². The molecular formula is C14H7F3N2O. The average Bonchev–Trinajstić information content (AvgIpc) is 2.95. The molecule has 0 bridgehead atoms. The molecule has 0 spiro atoms. The van der Waals surface area contributed by atoms with Crippen molar-refractivity contribution < 1.29 is 17.6 Å². The summed E-state index contributed by atoms with van der Waals surface area (Å²) >= 11 is 0. The van der Waals surface area contributed by atoms with E-state index in [1.807, 2.05) is 0 Å². The van der Waals surface area contributed by atoms with Crippen LogP contribution >= 0.6 is 0 Å². The SMILES string of the molecule is Fc1ccc(-c2nc(-c3ccccn3)co2)c(F)c1F. The third-order valence-corrected chi connectivity index (χ3v) is 2.70. The largest absolute Gasteiger partial charge is 0.444 e. The molecule has 0 aliphatic rings. The van der Waals surface area contributed by atoms with Crippen LogP contribution in [0.3, 0.4) is 0 Å². The van der Waals surface area contributed by atoms with E-state index in [1.165, 1.54) is 6.26 Å². The zero-order chi connectivity index (χ0) is 14.1. The van der Waals surface area contributed by atoms with Gasteiger partial charge in [0.05, 0.1) is 11.3 Å². The second-order valence-electron chi connectivity index (χ2n) is 3.98. The third-order valence-electron chi connectivity index (χ3n) is 2.70. The van der Waals surface area contributed by atoms with Crippen LogP contribution in [0.25, 0.3) is 22.8 Å². The first-order valence-corrected chi connectivity index (χ1v) is 5.67. The first kappa shape index (κ1) is 12.4. The number of rotatable bonds is 2. The molecule has 0 amide bonds. The Hall–Kier alpha value is -2.63. The van der Waals surface area contributed by atoms with Crippen LogP contribution in [0.4, 0.5) is 13.2 Å². The van der Waals surface area contributed by atoms with Gasteiger partial charge in [-0.25, -0.2) is 18.2 Å². The van der Waals surface area contributed by atoms with Crippen molar-refractivity contribution in [1.29, 1.82) is 0 Å². The van der Waals surface area contributed by atoms with Gasteiger partial charge in [0.2, 0.25) is 5.89 Å². The van der Waals surface area contributed by atoms with Crippen molar-refractivity contribution in [2.75, 3.05) is 0 Å². The molecule has 0 radical (unpaired) electrons. The van der Waals surface area contributed by atoms with E-state index in [9.17, 15) is 13.2 Å². The molecule has 0 unspecified atom stereocenters. The molecular weight excluding hydrogens is 269 g/mol. The summed E-state index contributed by atoms with van der Waals surface area (Å²) in [5.74, 6) is -4.29. The second kappa shape index (κ2) is 4.80. The Kier molecular flexibility index (Phi) is 2.98. The summed E-state index contributed by atoms with van der Waals surface area (Å²) in [7, 11) is 0. The molecule has 0 fully saturated rings. The predicted octanol–water partition coefficient (Wildman–Crippen LogP) is 3.82. The summed E-state index contributed by atoms with van der Waals surface area (Å²) in [6.45, 7) is 0. The maximum atomic E-state index is 13.6. The lowest BCUT2D eigenvalue weighted by atomic mass is 10.2. The molecule has 6 heteroatoms. The number of benzene rings is 1. The summed E-state index contributed by atoms with van der Waals surface area (Å²) in [6.07, 6.45) is 2.85. The van der Waals surface area contributed by atoms with Gasteiger partial charge in [-0.15, -0.1) is 0 Å².